The summed E-state index contributed by atoms with van der Waals surface area (Å²) in [6.07, 6.45) is -0.0900. The van der Waals surface area contributed by atoms with Crippen molar-refractivity contribution in [2.45, 2.75) is 11.7 Å². The van der Waals surface area contributed by atoms with Crippen molar-refractivity contribution in [2.24, 2.45) is 5.14 Å². The minimum absolute atomic E-state index is 0.0668. The van der Waals surface area contributed by atoms with Gasteiger partial charge in [0.15, 0.2) is 11.5 Å². The van der Waals surface area contributed by atoms with Gasteiger partial charge in [-0.25, -0.2) is 13.6 Å². The molecule has 2 N–H and O–H groups in total. The van der Waals surface area contributed by atoms with Crippen LogP contribution in [0.3, 0.4) is 0 Å². The van der Waals surface area contributed by atoms with Crippen LogP contribution in [0.2, 0.25) is 0 Å². The number of nitrogens with zero attached hydrogens (tertiary/aromatic N) is 1. The smallest absolute Gasteiger partial charge is 0.231 e. The molecule has 1 aromatic carbocycles. The van der Waals surface area contributed by atoms with Gasteiger partial charge in [0.2, 0.25) is 22.7 Å². The van der Waals surface area contributed by atoms with E-state index in [4.69, 9.17) is 14.6 Å². The molecule has 0 bridgehead atoms. The SMILES string of the molecule is NS(=O)(=O)C1CC(=O)N(c2ccc3c(c2)OCO3)C1. The van der Waals surface area contributed by atoms with Gasteiger partial charge < -0.3 is 14.4 Å². The molecule has 3 rings (SSSR count). The van der Waals surface area contributed by atoms with Crippen LogP contribution in [0.15, 0.2) is 18.2 Å². The number of carbonyl (C=O) groups excluding carboxylic acids is 1. The monoisotopic (exact) mass is 284 g/mol. The third-order valence-corrected chi connectivity index (χ3v) is 4.47. The van der Waals surface area contributed by atoms with E-state index in [1.807, 2.05) is 0 Å². The lowest BCUT2D eigenvalue weighted by atomic mass is 10.2. The fraction of sp³-hybridized carbons (Fsp3) is 0.364. The van der Waals surface area contributed by atoms with E-state index >= 15 is 0 Å². The van der Waals surface area contributed by atoms with Gasteiger partial charge in [-0.3, -0.25) is 4.79 Å². The third-order valence-electron chi connectivity index (χ3n) is 3.22. The standard InChI is InChI=1S/C11H12N2O5S/c12-19(15,16)8-4-11(14)13(5-8)7-1-2-9-10(3-7)18-6-17-9/h1-3,8H,4-6H2,(H2,12,15,16). The lowest BCUT2D eigenvalue weighted by Crippen LogP contribution is -2.32. The molecule has 1 aromatic rings. The normalized spacial score (nSPS) is 22.1. The molecule has 0 saturated carbocycles. The summed E-state index contributed by atoms with van der Waals surface area (Å²) < 4.78 is 33.0. The fourth-order valence-corrected chi connectivity index (χ4v) is 2.93. The Bertz CT molecular complexity index is 642. The van der Waals surface area contributed by atoms with Gasteiger partial charge in [-0.05, 0) is 12.1 Å². The second kappa shape index (κ2) is 4.10. The Morgan fingerprint density at radius 3 is 2.68 bits per heavy atom. The van der Waals surface area contributed by atoms with Crippen LogP contribution in [-0.4, -0.2) is 32.9 Å². The second-order valence-electron chi connectivity index (χ2n) is 4.46. The highest BCUT2D eigenvalue weighted by Crippen LogP contribution is 2.36. The molecule has 7 nitrogen and oxygen atoms in total. The van der Waals surface area contributed by atoms with Gasteiger partial charge in [0.05, 0.1) is 0 Å². The summed E-state index contributed by atoms with van der Waals surface area (Å²) in [4.78, 5) is 13.3. The van der Waals surface area contributed by atoms with Crippen LogP contribution in [0.4, 0.5) is 5.69 Å². The first-order valence-corrected chi connectivity index (χ1v) is 7.28. The molecule has 1 atom stereocenters. The van der Waals surface area contributed by atoms with E-state index in [0.29, 0.717) is 17.2 Å². The molecule has 1 fully saturated rings. The van der Waals surface area contributed by atoms with Crippen LogP contribution in [-0.2, 0) is 14.8 Å². The summed E-state index contributed by atoms with van der Waals surface area (Å²) in [5.74, 6) is 0.889. The van der Waals surface area contributed by atoms with Crippen LogP contribution < -0.4 is 19.5 Å². The molecule has 102 valence electrons. The van der Waals surface area contributed by atoms with Gasteiger partial charge in [0.1, 0.15) is 5.25 Å². The zero-order valence-corrected chi connectivity index (χ0v) is 10.7. The first kappa shape index (κ1) is 12.2. The number of nitrogens with two attached hydrogens (primary N) is 1. The number of carbonyl (C=O) groups is 1. The largest absolute Gasteiger partial charge is 0.454 e. The maximum absolute atomic E-state index is 11.9. The number of sulfonamides is 1. The van der Waals surface area contributed by atoms with E-state index in [9.17, 15) is 13.2 Å². The van der Waals surface area contributed by atoms with E-state index in [-0.39, 0.29) is 25.7 Å². The maximum atomic E-state index is 11.9. The maximum Gasteiger partial charge on any atom is 0.231 e. The van der Waals surface area contributed by atoms with Crippen molar-refractivity contribution < 1.29 is 22.7 Å². The Morgan fingerprint density at radius 2 is 2.00 bits per heavy atom. The van der Waals surface area contributed by atoms with Crippen LogP contribution >= 0.6 is 0 Å². The van der Waals surface area contributed by atoms with Gasteiger partial charge in [-0.15, -0.1) is 0 Å². The third kappa shape index (κ3) is 2.13. The predicted octanol–water partition coefficient (Wildman–Crippen LogP) is -0.191. The minimum Gasteiger partial charge on any atom is -0.454 e. The van der Waals surface area contributed by atoms with Crippen LogP contribution in [0.5, 0.6) is 11.5 Å². The average molecular weight is 284 g/mol. The molecule has 19 heavy (non-hydrogen) atoms. The van der Waals surface area contributed by atoms with E-state index in [2.05, 4.69) is 0 Å². The number of primary sulfonamides is 1. The summed E-state index contributed by atoms with van der Waals surface area (Å²) >= 11 is 0. The number of anilines is 1. The number of amides is 1. The molecule has 1 saturated heterocycles. The number of rotatable bonds is 2. The van der Waals surface area contributed by atoms with Gasteiger partial charge in [0, 0.05) is 24.7 Å². The number of ether oxygens (including phenoxy) is 2. The summed E-state index contributed by atoms with van der Waals surface area (Å²) in [5, 5.41) is 4.23. The molecule has 0 aromatic heterocycles. The van der Waals surface area contributed by atoms with Crippen LogP contribution in [0, 0.1) is 0 Å². The molecule has 0 aliphatic carbocycles. The summed E-state index contributed by atoms with van der Waals surface area (Å²) in [5.41, 5.74) is 0.584. The topological polar surface area (TPSA) is 98.9 Å². The van der Waals surface area contributed by atoms with Crippen molar-refractivity contribution in [1.82, 2.24) is 0 Å². The lowest BCUT2D eigenvalue weighted by molar-refractivity contribution is -0.117. The highest BCUT2D eigenvalue weighted by molar-refractivity contribution is 7.89. The second-order valence-corrected chi connectivity index (χ2v) is 6.30. The van der Waals surface area contributed by atoms with E-state index < -0.39 is 15.3 Å². The van der Waals surface area contributed by atoms with Crippen molar-refractivity contribution in [3.63, 3.8) is 0 Å². The zero-order valence-electron chi connectivity index (χ0n) is 9.90. The van der Waals surface area contributed by atoms with Gasteiger partial charge >= 0.3 is 0 Å². The van der Waals surface area contributed by atoms with Crippen molar-refractivity contribution in [2.75, 3.05) is 18.2 Å². The Labute approximate surface area is 109 Å². The van der Waals surface area contributed by atoms with E-state index in [0.717, 1.165) is 0 Å². The predicted molar refractivity (Wildman–Crippen MR) is 66.4 cm³/mol. The first-order chi connectivity index (χ1) is 8.95. The van der Waals surface area contributed by atoms with Crippen molar-refractivity contribution >= 4 is 21.6 Å². The zero-order chi connectivity index (χ0) is 13.6. The molecular weight excluding hydrogens is 272 g/mol. The molecular formula is C11H12N2O5S. The van der Waals surface area contributed by atoms with Crippen molar-refractivity contribution in [3.8, 4) is 11.5 Å². The van der Waals surface area contributed by atoms with E-state index in [1.54, 1.807) is 18.2 Å². The van der Waals surface area contributed by atoms with Gasteiger partial charge in [-0.2, -0.15) is 0 Å². The van der Waals surface area contributed by atoms with Crippen molar-refractivity contribution in [3.05, 3.63) is 18.2 Å². The van der Waals surface area contributed by atoms with Crippen molar-refractivity contribution in [1.29, 1.82) is 0 Å². The van der Waals surface area contributed by atoms with Crippen LogP contribution in [0.25, 0.3) is 0 Å². The average Bonchev–Trinajstić information content (AvgIpc) is 2.92. The lowest BCUT2D eigenvalue weighted by Gasteiger charge is -2.16. The molecule has 0 spiro atoms. The fourth-order valence-electron chi connectivity index (χ4n) is 2.20. The van der Waals surface area contributed by atoms with Crippen LogP contribution in [0.1, 0.15) is 6.42 Å². The first-order valence-electron chi connectivity index (χ1n) is 5.67. The Balaban J connectivity index is 1.89. The van der Waals surface area contributed by atoms with Gasteiger partial charge in [-0.1, -0.05) is 0 Å². The summed E-state index contributed by atoms with van der Waals surface area (Å²) in [6.45, 7) is 0.212. The van der Waals surface area contributed by atoms with E-state index in [1.165, 1.54) is 4.90 Å². The molecule has 2 aliphatic heterocycles. The molecule has 2 heterocycles. The number of benzene rings is 1. The molecule has 2 aliphatic rings. The summed E-state index contributed by atoms with van der Waals surface area (Å²) in [6, 6.07) is 5.04. The Kier molecular flexibility index (Phi) is 2.64. The quantitative estimate of drug-likeness (QED) is 0.811. The Morgan fingerprint density at radius 1 is 1.26 bits per heavy atom. The molecule has 1 unspecified atom stereocenters. The van der Waals surface area contributed by atoms with Gasteiger partial charge in [0.25, 0.3) is 0 Å². The number of fused-ring (bicyclic) bond motifs is 1. The summed E-state index contributed by atoms with van der Waals surface area (Å²) in [7, 11) is -3.71. The highest BCUT2D eigenvalue weighted by Gasteiger charge is 2.37. The highest BCUT2D eigenvalue weighted by atomic mass is 32.2. The molecule has 8 heteroatoms. The molecule has 1 amide bonds. The minimum atomic E-state index is -3.71. The number of hydrogen-bond donors (Lipinski definition) is 1. The molecule has 0 radical (unpaired) electrons. The Hall–Kier alpha value is -1.80. The number of hydrogen-bond acceptors (Lipinski definition) is 5.